The number of halogens is 1. The molecule has 2 rings (SSSR count). The number of rotatable bonds is 5. The second-order valence-corrected chi connectivity index (χ2v) is 3.10. The molecule has 2 heterocycles. The fourth-order valence-corrected chi connectivity index (χ4v) is 1.36. The number of nitrogen functional groups attached to an aromatic ring is 1. The van der Waals surface area contributed by atoms with Crippen LogP contribution < -0.4 is 11.1 Å². The predicted molar refractivity (Wildman–Crippen MR) is 57.8 cm³/mol. The highest BCUT2D eigenvalue weighted by atomic mass is 19.1. The van der Waals surface area contributed by atoms with E-state index in [9.17, 15) is 4.39 Å². The molecular weight excluding hydrogens is 213 g/mol. The largest absolute Gasteiger partial charge is 0.383 e. The van der Waals surface area contributed by atoms with Gasteiger partial charge in [0.25, 0.3) is 0 Å². The van der Waals surface area contributed by atoms with Crippen molar-refractivity contribution in [3.8, 4) is 0 Å². The van der Waals surface area contributed by atoms with Crippen molar-refractivity contribution in [2.75, 3.05) is 31.1 Å². The van der Waals surface area contributed by atoms with Crippen LogP contribution in [0.15, 0.2) is 18.6 Å². The van der Waals surface area contributed by atoms with Gasteiger partial charge in [0, 0.05) is 18.9 Å². The van der Waals surface area contributed by atoms with E-state index in [1.165, 1.54) is 0 Å². The molecule has 0 saturated heterocycles. The lowest BCUT2D eigenvalue weighted by Gasteiger charge is -2.06. The zero-order valence-electron chi connectivity index (χ0n) is 8.56. The van der Waals surface area contributed by atoms with Crippen molar-refractivity contribution in [2.45, 2.75) is 0 Å². The van der Waals surface area contributed by atoms with Crippen LogP contribution in [0.2, 0.25) is 0 Å². The minimum absolute atomic E-state index is 0.273. The third kappa shape index (κ3) is 2.03. The summed E-state index contributed by atoms with van der Waals surface area (Å²) in [7, 11) is 0. The first kappa shape index (κ1) is 10.6. The molecule has 0 aliphatic rings. The molecule has 0 radical (unpaired) electrons. The maximum atomic E-state index is 11.7. The van der Waals surface area contributed by atoms with Crippen molar-refractivity contribution >= 4 is 17.3 Å². The van der Waals surface area contributed by atoms with E-state index >= 15 is 0 Å². The molecule has 86 valence electrons. The molecule has 6 nitrogen and oxygen atoms in total. The molecule has 0 spiro atoms. The molecule has 3 N–H and O–H groups in total. The van der Waals surface area contributed by atoms with E-state index in [1.807, 2.05) is 0 Å². The fraction of sp³-hybridized carbons (Fsp3) is 0.333. The summed E-state index contributed by atoms with van der Waals surface area (Å²) in [5, 5.41) is 2.99. The second kappa shape index (κ2) is 4.75. The highest BCUT2D eigenvalue weighted by molar-refractivity contribution is 5.65. The maximum Gasteiger partial charge on any atom is 0.188 e. The third-order valence-corrected chi connectivity index (χ3v) is 2.07. The summed E-state index contributed by atoms with van der Waals surface area (Å²) in [6, 6.07) is 0. The first-order valence-corrected chi connectivity index (χ1v) is 4.78. The molecule has 0 unspecified atom stereocenters. The Morgan fingerprint density at radius 3 is 3.19 bits per heavy atom. The number of aromatic nitrogens is 3. The lowest BCUT2D eigenvalue weighted by molar-refractivity contribution is 0.0648. The fourth-order valence-electron chi connectivity index (χ4n) is 1.36. The molecule has 16 heavy (non-hydrogen) atoms. The van der Waals surface area contributed by atoms with Gasteiger partial charge < -0.3 is 15.8 Å². The first-order valence-electron chi connectivity index (χ1n) is 4.78. The van der Waals surface area contributed by atoms with Gasteiger partial charge in [0.15, 0.2) is 18.3 Å². The van der Waals surface area contributed by atoms with E-state index in [2.05, 4.69) is 20.0 Å². The van der Waals surface area contributed by atoms with Crippen molar-refractivity contribution in [2.24, 2.45) is 0 Å². The van der Waals surface area contributed by atoms with Crippen LogP contribution >= 0.6 is 0 Å². The van der Waals surface area contributed by atoms with Crippen molar-refractivity contribution in [1.82, 2.24) is 14.4 Å². The van der Waals surface area contributed by atoms with Crippen LogP contribution in [0.1, 0.15) is 0 Å². The van der Waals surface area contributed by atoms with Crippen molar-refractivity contribution in [1.29, 1.82) is 0 Å². The highest BCUT2D eigenvalue weighted by Crippen LogP contribution is 2.14. The van der Waals surface area contributed by atoms with Gasteiger partial charge in [-0.2, -0.15) is 0 Å². The second-order valence-electron chi connectivity index (χ2n) is 3.10. The number of nitrogens with zero attached hydrogens (tertiary/aromatic N) is 3. The van der Waals surface area contributed by atoms with Gasteiger partial charge in [-0.05, 0) is 0 Å². The Morgan fingerprint density at radius 1 is 1.50 bits per heavy atom. The number of hydrogen-bond acceptors (Lipinski definition) is 5. The quantitative estimate of drug-likeness (QED) is 0.731. The molecule has 0 aliphatic carbocycles. The van der Waals surface area contributed by atoms with Gasteiger partial charge in [-0.1, -0.05) is 0 Å². The van der Waals surface area contributed by atoms with Gasteiger partial charge in [0.2, 0.25) is 0 Å². The molecule has 0 aliphatic heterocycles. The summed E-state index contributed by atoms with van der Waals surface area (Å²) in [5.41, 5.74) is 6.33. The Hall–Kier alpha value is -1.89. The average molecular weight is 225 g/mol. The summed E-state index contributed by atoms with van der Waals surface area (Å²) in [5.74, 6) is 1.14. The van der Waals surface area contributed by atoms with E-state index in [0.29, 0.717) is 23.8 Å². The Kier molecular flexibility index (Phi) is 3.16. The molecule has 0 atom stereocenters. The van der Waals surface area contributed by atoms with Crippen LogP contribution in [0.4, 0.5) is 16.0 Å². The van der Waals surface area contributed by atoms with E-state index in [-0.39, 0.29) is 6.61 Å². The van der Waals surface area contributed by atoms with E-state index < -0.39 is 6.86 Å². The number of nitrogens with two attached hydrogens (primary N) is 1. The Labute approximate surface area is 91.3 Å². The van der Waals surface area contributed by atoms with Gasteiger partial charge in [0.05, 0.1) is 12.8 Å². The Bertz CT molecular complexity index is 472. The molecule has 0 saturated carbocycles. The number of alkyl halides is 1. The van der Waals surface area contributed by atoms with Crippen LogP contribution in [0.5, 0.6) is 0 Å². The maximum absolute atomic E-state index is 11.7. The summed E-state index contributed by atoms with van der Waals surface area (Å²) in [4.78, 5) is 8.23. The van der Waals surface area contributed by atoms with Gasteiger partial charge >= 0.3 is 0 Å². The standard InChI is InChI=1S/C9H12FN5O/c10-6-16-4-2-13-8-9-14-5-7(11)15(9)3-1-12-8/h1,3,5H,2,4,6,11H2,(H,12,13). The minimum Gasteiger partial charge on any atom is -0.383 e. The lowest BCUT2D eigenvalue weighted by Crippen LogP contribution is -2.11. The number of nitrogens with one attached hydrogen (secondary N) is 1. The smallest absolute Gasteiger partial charge is 0.188 e. The number of ether oxygens (including phenoxy) is 1. The molecule has 2 aromatic heterocycles. The van der Waals surface area contributed by atoms with E-state index in [1.54, 1.807) is 23.0 Å². The van der Waals surface area contributed by atoms with Crippen LogP contribution in [-0.4, -0.2) is 34.4 Å². The van der Waals surface area contributed by atoms with Crippen LogP contribution in [0, 0.1) is 0 Å². The number of fused-ring (bicyclic) bond motifs is 1. The van der Waals surface area contributed by atoms with Crippen LogP contribution in [0.25, 0.3) is 5.65 Å². The van der Waals surface area contributed by atoms with Crippen LogP contribution in [0.3, 0.4) is 0 Å². The SMILES string of the molecule is Nc1cnc2c(NCCOCF)nccn12. The van der Waals surface area contributed by atoms with Crippen molar-refractivity contribution in [3.63, 3.8) is 0 Å². The normalized spacial score (nSPS) is 10.8. The van der Waals surface area contributed by atoms with Gasteiger partial charge in [-0.25, -0.2) is 14.4 Å². The molecule has 0 aromatic carbocycles. The van der Waals surface area contributed by atoms with Gasteiger partial charge in [0.1, 0.15) is 5.82 Å². The summed E-state index contributed by atoms with van der Waals surface area (Å²) in [6.45, 7) is -0.0472. The number of hydrogen-bond donors (Lipinski definition) is 2. The molecule has 0 bridgehead atoms. The van der Waals surface area contributed by atoms with Crippen molar-refractivity contribution in [3.05, 3.63) is 18.6 Å². The number of anilines is 2. The number of imidazole rings is 1. The van der Waals surface area contributed by atoms with Crippen LogP contribution in [-0.2, 0) is 4.74 Å². The topological polar surface area (TPSA) is 77.5 Å². The van der Waals surface area contributed by atoms with Crippen molar-refractivity contribution < 1.29 is 9.13 Å². The molecule has 2 aromatic rings. The monoisotopic (exact) mass is 225 g/mol. The Balaban J connectivity index is 2.11. The molecule has 0 fully saturated rings. The zero-order chi connectivity index (χ0) is 11.4. The molecular formula is C9H12FN5O. The predicted octanol–water partition coefficient (Wildman–Crippen LogP) is 0.667. The highest BCUT2D eigenvalue weighted by Gasteiger charge is 2.05. The average Bonchev–Trinajstić information content (AvgIpc) is 2.68. The van der Waals surface area contributed by atoms with E-state index in [0.717, 1.165) is 0 Å². The summed E-state index contributed by atoms with van der Waals surface area (Å²) < 4.78 is 18.0. The lowest BCUT2D eigenvalue weighted by atomic mass is 10.5. The molecule has 7 heteroatoms. The Morgan fingerprint density at radius 2 is 2.38 bits per heavy atom. The van der Waals surface area contributed by atoms with Gasteiger partial charge in [-0.15, -0.1) is 0 Å². The zero-order valence-corrected chi connectivity index (χ0v) is 8.56. The van der Waals surface area contributed by atoms with Gasteiger partial charge in [-0.3, -0.25) is 4.40 Å². The third-order valence-electron chi connectivity index (χ3n) is 2.07. The summed E-state index contributed by atoms with van der Waals surface area (Å²) >= 11 is 0. The summed E-state index contributed by atoms with van der Waals surface area (Å²) in [6.07, 6.45) is 4.89. The first-order chi connectivity index (χ1) is 7.83. The van der Waals surface area contributed by atoms with E-state index in [4.69, 9.17) is 5.73 Å². The molecule has 0 amide bonds. The minimum atomic E-state index is -0.782.